The van der Waals surface area contributed by atoms with Gasteiger partial charge in [-0.05, 0) is 47.7 Å². The van der Waals surface area contributed by atoms with Crippen molar-refractivity contribution in [2.24, 2.45) is 0 Å². The third-order valence-electron chi connectivity index (χ3n) is 5.94. The lowest BCUT2D eigenvalue weighted by Crippen LogP contribution is -2.19. The summed E-state index contributed by atoms with van der Waals surface area (Å²) in [4.78, 5) is 15.9. The van der Waals surface area contributed by atoms with Gasteiger partial charge < -0.3 is 9.84 Å². The summed E-state index contributed by atoms with van der Waals surface area (Å²) in [6.07, 6.45) is 3.43. The van der Waals surface area contributed by atoms with E-state index in [0.29, 0.717) is 6.42 Å². The van der Waals surface area contributed by atoms with Crippen LogP contribution in [0.1, 0.15) is 35.6 Å². The minimum absolute atomic E-state index is 0.270. The molecule has 33 heavy (non-hydrogen) atoms. The Hall–Kier alpha value is -3.09. The lowest BCUT2D eigenvalue weighted by molar-refractivity contribution is -0.140. The number of thiazole rings is 1. The number of allylic oxidation sites excluding steroid dienone is 1. The lowest BCUT2D eigenvalue weighted by Gasteiger charge is -2.29. The average molecular weight is 474 g/mol. The van der Waals surface area contributed by atoms with Gasteiger partial charge in [0.2, 0.25) is 0 Å². The number of carbonyl (C=O) groups is 1. The summed E-state index contributed by atoms with van der Waals surface area (Å²) < 4.78 is 7.35. The smallest absolute Gasteiger partial charge is 0.341 e. The molecule has 0 radical (unpaired) electrons. The molecule has 0 atom stereocenters. The van der Waals surface area contributed by atoms with Gasteiger partial charge in [-0.2, -0.15) is 0 Å². The molecule has 1 aromatic heterocycles. The molecule has 4 nitrogen and oxygen atoms in total. The normalized spacial score (nSPS) is 13.4. The van der Waals surface area contributed by atoms with E-state index in [0.717, 1.165) is 27.6 Å². The molecule has 166 valence electrons. The van der Waals surface area contributed by atoms with Crippen molar-refractivity contribution in [1.82, 2.24) is 4.98 Å². The van der Waals surface area contributed by atoms with Gasteiger partial charge in [-0.25, -0.2) is 9.78 Å². The number of rotatable bonds is 7. The molecule has 0 bridgehead atoms. The summed E-state index contributed by atoms with van der Waals surface area (Å²) in [5.41, 5.74) is 5.79. The Balaban J connectivity index is 1.51. The van der Waals surface area contributed by atoms with Crippen LogP contribution in [0.4, 0.5) is 0 Å². The molecule has 1 N–H and O–H groups in total. The predicted molar refractivity (Wildman–Crippen MR) is 135 cm³/mol. The highest BCUT2D eigenvalue weighted by Gasteiger charge is 2.32. The lowest BCUT2D eigenvalue weighted by atomic mass is 9.92. The van der Waals surface area contributed by atoms with E-state index in [1.807, 2.05) is 18.2 Å². The van der Waals surface area contributed by atoms with Crippen molar-refractivity contribution in [3.05, 3.63) is 101 Å². The van der Waals surface area contributed by atoms with Crippen LogP contribution in [0.3, 0.4) is 0 Å². The van der Waals surface area contributed by atoms with E-state index in [9.17, 15) is 4.79 Å². The van der Waals surface area contributed by atoms with Crippen molar-refractivity contribution in [1.29, 1.82) is 0 Å². The van der Waals surface area contributed by atoms with Crippen LogP contribution < -0.4 is 0 Å². The number of nitrogens with zero attached hydrogens (tertiary/aromatic N) is 1. The largest absolute Gasteiger partial charge is 0.486 e. The summed E-state index contributed by atoms with van der Waals surface area (Å²) in [7, 11) is 0. The zero-order chi connectivity index (χ0) is 22.8. The fourth-order valence-corrected chi connectivity index (χ4v) is 6.88. The molecule has 5 rings (SSSR count). The van der Waals surface area contributed by atoms with E-state index in [1.165, 1.54) is 21.4 Å². The second kappa shape index (κ2) is 9.04. The zero-order valence-electron chi connectivity index (χ0n) is 18.2. The highest BCUT2D eigenvalue weighted by atomic mass is 32.2. The van der Waals surface area contributed by atoms with Crippen LogP contribution in [-0.2, 0) is 20.7 Å². The van der Waals surface area contributed by atoms with Crippen LogP contribution in [0.5, 0.6) is 0 Å². The highest BCUT2D eigenvalue weighted by molar-refractivity contribution is 8.02. The standard InChI is InChI=1S/C27H23NO3S2/c1-27(19-8-4-2-5-9-19,20-10-6-3-7-11-20)33-26-28-25-22-14-13-21(31-17-24(29)30)16-18(22)12-15-23(25)32-26/h2-12,15-16H,13-14,17H2,1H3,(H,29,30). The first-order valence-corrected chi connectivity index (χ1v) is 12.4. The minimum atomic E-state index is -0.960. The van der Waals surface area contributed by atoms with Crippen molar-refractivity contribution >= 4 is 45.4 Å². The van der Waals surface area contributed by atoms with Gasteiger partial charge in [0.15, 0.2) is 10.9 Å². The monoisotopic (exact) mass is 473 g/mol. The fraction of sp³-hybridized carbons (Fsp3) is 0.185. The van der Waals surface area contributed by atoms with Crippen molar-refractivity contribution in [2.45, 2.75) is 28.9 Å². The third-order valence-corrected chi connectivity index (χ3v) is 8.40. The molecule has 0 saturated carbocycles. The summed E-state index contributed by atoms with van der Waals surface area (Å²) in [5, 5.41) is 8.88. The van der Waals surface area contributed by atoms with Gasteiger partial charge in [0, 0.05) is 6.42 Å². The highest BCUT2D eigenvalue weighted by Crippen LogP contribution is 2.48. The van der Waals surface area contributed by atoms with Gasteiger partial charge in [0.05, 0.1) is 20.7 Å². The number of thioether (sulfide) groups is 1. The van der Waals surface area contributed by atoms with Crippen molar-refractivity contribution in [2.75, 3.05) is 6.61 Å². The Morgan fingerprint density at radius 1 is 1.03 bits per heavy atom. The van der Waals surface area contributed by atoms with E-state index in [-0.39, 0.29) is 11.4 Å². The number of hydrogen-bond donors (Lipinski definition) is 1. The molecule has 0 spiro atoms. The van der Waals surface area contributed by atoms with E-state index in [1.54, 1.807) is 23.1 Å². The van der Waals surface area contributed by atoms with E-state index >= 15 is 0 Å². The number of aliphatic carboxylic acids is 1. The van der Waals surface area contributed by atoms with Crippen molar-refractivity contribution in [3.63, 3.8) is 0 Å². The van der Waals surface area contributed by atoms with Gasteiger partial charge >= 0.3 is 5.97 Å². The molecule has 0 amide bonds. The summed E-state index contributed by atoms with van der Waals surface area (Å²) >= 11 is 3.51. The topological polar surface area (TPSA) is 59.4 Å². The Kier molecular flexibility index (Phi) is 5.96. The van der Waals surface area contributed by atoms with Crippen LogP contribution in [0.2, 0.25) is 0 Å². The van der Waals surface area contributed by atoms with E-state index in [4.69, 9.17) is 14.8 Å². The molecule has 0 fully saturated rings. The number of hydrogen-bond acceptors (Lipinski definition) is 5. The number of aromatic nitrogens is 1. The van der Waals surface area contributed by atoms with Crippen molar-refractivity contribution in [3.8, 4) is 0 Å². The van der Waals surface area contributed by atoms with Gasteiger partial charge in [-0.15, -0.1) is 11.3 Å². The molecule has 0 saturated heterocycles. The van der Waals surface area contributed by atoms with Gasteiger partial charge in [-0.1, -0.05) is 78.5 Å². The van der Waals surface area contributed by atoms with Crippen LogP contribution >= 0.6 is 23.1 Å². The number of fused-ring (bicyclic) bond motifs is 3. The maximum atomic E-state index is 10.8. The minimum Gasteiger partial charge on any atom is -0.486 e. The molecule has 1 heterocycles. The summed E-state index contributed by atoms with van der Waals surface area (Å²) in [6, 6.07) is 25.3. The molecule has 4 aromatic rings. The molecule has 3 aromatic carbocycles. The Morgan fingerprint density at radius 3 is 2.33 bits per heavy atom. The first kappa shape index (κ1) is 21.7. The van der Waals surface area contributed by atoms with Crippen molar-refractivity contribution < 1.29 is 14.6 Å². The number of ether oxygens (including phenoxy) is 1. The first-order valence-electron chi connectivity index (χ1n) is 10.8. The van der Waals surface area contributed by atoms with Crippen LogP contribution in [0.25, 0.3) is 16.3 Å². The van der Waals surface area contributed by atoms with Crippen LogP contribution in [0, 0.1) is 0 Å². The van der Waals surface area contributed by atoms with Gasteiger partial charge in [0.25, 0.3) is 0 Å². The quantitative estimate of drug-likeness (QED) is 0.301. The SMILES string of the molecule is CC(Sc1nc2c3c(ccc2s1)C=C(OCC(=O)O)CC3)(c1ccccc1)c1ccccc1. The average Bonchev–Trinajstić information content (AvgIpc) is 3.26. The van der Waals surface area contributed by atoms with E-state index < -0.39 is 5.97 Å². The molecule has 0 aliphatic heterocycles. The Labute approximate surface area is 201 Å². The Morgan fingerprint density at radius 2 is 1.70 bits per heavy atom. The summed E-state index contributed by atoms with van der Waals surface area (Å²) in [6.45, 7) is 1.96. The molecule has 0 unspecified atom stereocenters. The molecule has 1 aliphatic rings. The number of benzene rings is 3. The predicted octanol–water partition coefficient (Wildman–Crippen LogP) is 6.74. The summed E-state index contributed by atoms with van der Waals surface area (Å²) in [5.74, 6) is -0.243. The molecule has 1 aliphatic carbocycles. The zero-order valence-corrected chi connectivity index (χ0v) is 19.8. The van der Waals surface area contributed by atoms with Gasteiger partial charge in [0.1, 0.15) is 0 Å². The molecular formula is C27H23NO3S2. The molecular weight excluding hydrogens is 450 g/mol. The fourth-order valence-electron chi connectivity index (χ4n) is 4.22. The van der Waals surface area contributed by atoms with Gasteiger partial charge in [-0.3, -0.25) is 0 Å². The Bertz CT molecular complexity index is 1290. The first-order chi connectivity index (χ1) is 16.0. The maximum Gasteiger partial charge on any atom is 0.341 e. The second-order valence-corrected chi connectivity index (χ2v) is 10.8. The number of aryl methyl sites for hydroxylation is 1. The number of carboxylic acids is 1. The maximum absolute atomic E-state index is 10.8. The number of carboxylic acid groups (broad SMARTS) is 1. The van der Waals surface area contributed by atoms with E-state index in [2.05, 4.69) is 67.6 Å². The van der Waals surface area contributed by atoms with Crippen LogP contribution in [-0.4, -0.2) is 22.7 Å². The molecule has 6 heteroatoms. The second-order valence-electron chi connectivity index (χ2n) is 8.12. The van der Waals surface area contributed by atoms with Crippen LogP contribution in [0.15, 0.2) is 82.9 Å². The third kappa shape index (κ3) is 4.41.